The third-order valence-electron chi connectivity index (χ3n) is 0.447. The molecule has 0 amide bonds. The first-order chi connectivity index (χ1) is 5.56. The Morgan fingerprint density at radius 2 is 1.08 bits per heavy atom. The summed E-state index contributed by atoms with van der Waals surface area (Å²) in [4.78, 5) is 9.44. The maximum Gasteiger partial charge on any atom is 0.126 e. The van der Waals surface area contributed by atoms with Crippen LogP contribution in [0.25, 0.3) is 0 Å². The van der Waals surface area contributed by atoms with Gasteiger partial charge in [-0.2, -0.15) is 0 Å². The molecule has 0 aliphatic heterocycles. The zero-order chi connectivity index (χ0) is 10.4. The molecule has 0 radical (unpaired) electrons. The second kappa shape index (κ2) is 29.5. The number of carbonyl (C=O) groups is 1. The first-order valence-electron chi connectivity index (χ1n) is 4.25. The third kappa shape index (κ3) is 246. The van der Waals surface area contributed by atoms with Gasteiger partial charge in [0.05, 0.1) is 0 Å². The van der Waals surface area contributed by atoms with Gasteiger partial charge in [-0.15, -0.1) is 0 Å². The van der Waals surface area contributed by atoms with E-state index in [9.17, 15) is 4.79 Å². The zero-order valence-corrected chi connectivity index (χ0v) is 10.7. The SMILES string of the molecule is CC(C)=O.CCCO.CCCO.[Ti]. The smallest absolute Gasteiger partial charge is 0.126 e. The minimum absolute atomic E-state index is 0. The van der Waals surface area contributed by atoms with Crippen LogP contribution < -0.4 is 0 Å². The monoisotopic (exact) mass is 226 g/mol. The molecule has 13 heavy (non-hydrogen) atoms. The molecule has 0 aliphatic rings. The average Bonchev–Trinajstić information content (AvgIpc) is 2.03. The number of aliphatic hydroxyl groups excluding tert-OH is 2. The van der Waals surface area contributed by atoms with E-state index < -0.39 is 0 Å². The van der Waals surface area contributed by atoms with E-state index in [0.717, 1.165) is 12.8 Å². The van der Waals surface area contributed by atoms with Gasteiger partial charge in [0.25, 0.3) is 0 Å². The molecule has 4 heteroatoms. The van der Waals surface area contributed by atoms with Crippen LogP contribution in [0.3, 0.4) is 0 Å². The molecule has 0 atom stereocenters. The fourth-order valence-electron chi connectivity index (χ4n) is 0. The van der Waals surface area contributed by atoms with E-state index in [-0.39, 0.29) is 27.5 Å². The summed E-state index contributed by atoms with van der Waals surface area (Å²) in [6.45, 7) is 7.56. The van der Waals surface area contributed by atoms with Crippen LogP contribution in [0.5, 0.6) is 0 Å². The first kappa shape index (κ1) is 23.3. The van der Waals surface area contributed by atoms with Crippen molar-refractivity contribution in [2.45, 2.75) is 40.5 Å². The van der Waals surface area contributed by atoms with Gasteiger partial charge >= 0.3 is 0 Å². The van der Waals surface area contributed by atoms with Gasteiger partial charge in [0.1, 0.15) is 5.78 Å². The minimum atomic E-state index is 0. The molecule has 0 aromatic rings. The predicted molar refractivity (Wildman–Crippen MR) is 51.1 cm³/mol. The Morgan fingerprint density at radius 3 is 1.08 bits per heavy atom. The van der Waals surface area contributed by atoms with Crippen molar-refractivity contribution in [3.05, 3.63) is 0 Å². The molecule has 0 fully saturated rings. The molecule has 0 bridgehead atoms. The van der Waals surface area contributed by atoms with E-state index >= 15 is 0 Å². The summed E-state index contributed by atoms with van der Waals surface area (Å²) in [5.74, 6) is 0.167. The van der Waals surface area contributed by atoms with Crippen molar-refractivity contribution in [2.75, 3.05) is 13.2 Å². The molecule has 0 aromatic carbocycles. The van der Waals surface area contributed by atoms with Crippen LogP contribution in [0.15, 0.2) is 0 Å². The molecule has 0 unspecified atom stereocenters. The van der Waals surface area contributed by atoms with Crippen molar-refractivity contribution in [3.8, 4) is 0 Å². The van der Waals surface area contributed by atoms with Gasteiger partial charge in [0.2, 0.25) is 0 Å². The quantitative estimate of drug-likeness (QED) is 0.699. The summed E-state index contributed by atoms with van der Waals surface area (Å²) >= 11 is 0. The second-order valence-electron chi connectivity index (χ2n) is 2.36. The Labute approximate surface area is 96.4 Å². The van der Waals surface area contributed by atoms with Crippen LogP contribution in [-0.2, 0) is 26.5 Å². The van der Waals surface area contributed by atoms with Crippen LogP contribution in [0.1, 0.15) is 40.5 Å². The Kier molecular flexibility index (Phi) is 52.7. The third-order valence-corrected chi connectivity index (χ3v) is 0.447. The van der Waals surface area contributed by atoms with Crippen molar-refractivity contribution in [1.29, 1.82) is 0 Å². The Morgan fingerprint density at radius 1 is 1.00 bits per heavy atom. The van der Waals surface area contributed by atoms with Crippen LogP contribution in [0.2, 0.25) is 0 Å². The number of carbonyl (C=O) groups excluding carboxylic acids is 1. The van der Waals surface area contributed by atoms with Crippen molar-refractivity contribution >= 4 is 5.78 Å². The summed E-state index contributed by atoms with van der Waals surface area (Å²) in [5.41, 5.74) is 0. The van der Waals surface area contributed by atoms with Crippen LogP contribution >= 0.6 is 0 Å². The Hall–Kier alpha value is 0.304. The van der Waals surface area contributed by atoms with Gasteiger partial charge < -0.3 is 15.0 Å². The summed E-state index contributed by atoms with van der Waals surface area (Å²) in [7, 11) is 0. The van der Waals surface area contributed by atoms with Gasteiger partial charge in [0.15, 0.2) is 0 Å². The van der Waals surface area contributed by atoms with Crippen LogP contribution in [-0.4, -0.2) is 29.2 Å². The zero-order valence-electron chi connectivity index (χ0n) is 9.13. The molecule has 80 valence electrons. The summed E-state index contributed by atoms with van der Waals surface area (Å²) in [6.07, 6.45) is 1.75. The standard InChI is InChI=1S/C3H6O.2C3H8O.Ti/c1-3(2)4;2*1-2-3-4;/h1-2H3;2*4H,2-3H2,1H3;. The summed E-state index contributed by atoms with van der Waals surface area (Å²) < 4.78 is 0. The number of aliphatic hydroxyl groups is 2. The molecule has 0 saturated heterocycles. The van der Waals surface area contributed by atoms with Gasteiger partial charge in [-0.05, 0) is 26.7 Å². The normalized spacial score (nSPS) is 6.62. The molecule has 3 nitrogen and oxygen atoms in total. The van der Waals surface area contributed by atoms with E-state index in [4.69, 9.17) is 10.2 Å². The number of rotatable bonds is 2. The fourth-order valence-corrected chi connectivity index (χ4v) is 0. The molecule has 0 aromatic heterocycles. The molecular weight excluding hydrogens is 204 g/mol. The Balaban J connectivity index is -0.0000000450. The number of ketones is 1. The van der Waals surface area contributed by atoms with Crippen LogP contribution in [0, 0.1) is 0 Å². The molecule has 0 saturated carbocycles. The van der Waals surface area contributed by atoms with Gasteiger partial charge in [0, 0.05) is 34.9 Å². The maximum atomic E-state index is 9.44. The first-order valence-corrected chi connectivity index (χ1v) is 4.25. The van der Waals surface area contributed by atoms with E-state index in [1.54, 1.807) is 0 Å². The maximum absolute atomic E-state index is 9.44. The molecule has 2 N–H and O–H groups in total. The van der Waals surface area contributed by atoms with E-state index in [0.29, 0.717) is 13.2 Å². The van der Waals surface area contributed by atoms with E-state index in [1.807, 2.05) is 13.8 Å². The van der Waals surface area contributed by atoms with Gasteiger partial charge in [-0.1, -0.05) is 13.8 Å². The number of hydrogen-bond acceptors (Lipinski definition) is 3. The van der Waals surface area contributed by atoms with Crippen molar-refractivity contribution in [2.24, 2.45) is 0 Å². The van der Waals surface area contributed by atoms with Crippen LogP contribution in [0.4, 0.5) is 0 Å². The second-order valence-corrected chi connectivity index (χ2v) is 2.36. The molecule has 0 aliphatic carbocycles. The molecular formula is C9H22O3Ti. The van der Waals surface area contributed by atoms with E-state index in [1.165, 1.54) is 13.8 Å². The van der Waals surface area contributed by atoms with Crippen molar-refractivity contribution < 1.29 is 36.7 Å². The molecule has 0 rings (SSSR count). The van der Waals surface area contributed by atoms with Crippen molar-refractivity contribution in [3.63, 3.8) is 0 Å². The van der Waals surface area contributed by atoms with Gasteiger partial charge in [-0.25, -0.2) is 0 Å². The largest absolute Gasteiger partial charge is 0.396 e. The van der Waals surface area contributed by atoms with Gasteiger partial charge in [-0.3, -0.25) is 0 Å². The number of Topliss-reactive ketones (excluding diaryl/α,β-unsaturated/α-hetero) is 1. The van der Waals surface area contributed by atoms with E-state index in [2.05, 4.69) is 0 Å². The van der Waals surface area contributed by atoms with Crippen molar-refractivity contribution in [1.82, 2.24) is 0 Å². The predicted octanol–water partition coefficient (Wildman–Crippen LogP) is 1.37. The average molecular weight is 226 g/mol. The molecule has 0 spiro atoms. The molecule has 0 heterocycles. The summed E-state index contributed by atoms with van der Waals surface area (Å²) in [5, 5.41) is 15.8. The Bertz CT molecular complexity index is 65.3. The topological polar surface area (TPSA) is 57.5 Å². The number of hydrogen-bond donors (Lipinski definition) is 2. The minimum Gasteiger partial charge on any atom is -0.396 e. The summed E-state index contributed by atoms with van der Waals surface area (Å²) in [6, 6.07) is 0. The fraction of sp³-hybridized carbons (Fsp3) is 0.889.